The maximum absolute atomic E-state index is 11.0. The number of rotatable bonds is 5. The number of hydrogen-bond donors (Lipinski definition) is 1. The standard InChI is InChI=1S/C12H15N3O4/c16-12(17)8-14(9-3-1-2-4-9)10-5-6-13-7-11(10)15(18)19/h5-7,9H,1-4,8H2,(H,16,17). The molecule has 0 atom stereocenters. The number of carboxylic acid groups (broad SMARTS) is 1. The Morgan fingerprint density at radius 2 is 2.21 bits per heavy atom. The molecule has 1 saturated carbocycles. The minimum Gasteiger partial charge on any atom is -0.480 e. The highest BCUT2D eigenvalue weighted by Crippen LogP contribution is 2.33. The molecule has 0 radical (unpaired) electrons. The molecule has 0 unspecified atom stereocenters. The van der Waals surface area contributed by atoms with E-state index in [1.807, 2.05) is 0 Å². The number of aliphatic carboxylic acids is 1. The Labute approximate surface area is 110 Å². The van der Waals surface area contributed by atoms with E-state index in [4.69, 9.17) is 5.11 Å². The van der Waals surface area contributed by atoms with Crippen molar-refractivity contribution in [3.05, 3.63) is 28.6 Å². The van der Waals surface area contributed by atoms with Crippen molar-refractivity contribution in [3.8, 4) is 0 Å². The Morgan fingerprint density at radius 1 is 1.53 bits per heavy atom. The van der Waals surface area contributed by atoms with Crippen LogP contribution in [0, 0.1) is 10.1 Å². The molecule has 0 spiro atoms. The Kier molecular flexibility index (Phi) is 3.94. The molecular weight excluding hydrogens is 250 g/mol. The zero-order valence-electron chi connectivity index (χ0n) is 10.4. The normalized spacial score (nSPS) is 15.4. The quantitative estimate of drug-likeness (QED) is 0.644. The fourth-order valence-corrected chi connectivity index (χ4v) is 2.53. The number of carboxylic acids is 1. The lowest BCUT2D eigenvalue weighted by atomic mass is 10.1. The molecule has 1 heterocycles. The van der Waals surface area contributed by atoms with Crippen molar-refractivity contribution in [2.75, 3.05) is 11.4 Å². The molecule has 1 aliphatic carbocycles. The van der Waals surface area contributed by atoms with Crippen LogP contribution < -0.4 is 4.90 Å². The van der Waals surface area contributed by atoms with Gasteiger partial charge < -0.3 is 10.0 Å². The summed E-state index contributed by atoms with van der Waals surface area (Å²) in [4.78, 5) is 26.8. The summed E-state index contributed by atoms with van der Waals surface area (Å²) in [6.07, 6.45) is 6.41. The molecule has 0 bridgehead atoms. The Bertz CT molecular complexity index is 486. The summed E-state index contributed by atoms with van der Waals surface area (Å²) in [6, 6.07) is 1.57. The summed E-state index contributed by atoms with van der Waals surface area (Å²) >= 11 is 0. The van der Waals surface area contributed by atoms with Crippen molar-refractivity contribution in [1.29, 1.82) is 0 Å². The number of nitro groups is 1. The van der Waals surface area contributed by atoms with Crippen molar-refractivity contribution >= 4 is 17.3 Å². The zero-order chi connectivity index (χ0) is 13.8. The molecule has 0 aliphatic heterocycles. The van der Waals surface area contributed by atoms with Crippen LogP contribution in [-0.2, 0) is 4.79 Å². The molecule has 7 nitrogen and oxygen atoms in total. The lowest BCUT2D eigenvalue weighted by Crippen LogP contribution is -2.38. The molecule has 7 heteroatoms. The SMILES string of the molecule is O=C(O)CN(c1ccncc1[N+](=O)[O-])C1CCCC1. The van der Waals surface area contributed by atoms with Crippen LogP contribution in [0.5, 0.6) is 0 Å². The van der Waals surface area contributed by atoms with E-state index >= 15 is 0 Å². The molecule has 1 aliphatic rings. The molecule has 19 heavy (non-hydrogen) atoms. The number of hydrogen-bond acceptors (Lipinski definition) is 5. The molecule has 1 N–H and O–H groups in total. The fourth-order valence-electron chi connectivity index (χ4n) is 2.53. The third kappa shape index (κ3) is 2.98. The first-order chi connectivity index (χ1) is 9.09. The highest BCUT2D eigenvalue weighted by atomic mass is 16.6. The predicted octanol–water partition coefficient (Wildman–Crippen LogP) is 1.82. The van der Waals surface area contributed by atoms with E-state index in [9.17, 15) is 14.9 Å². The van der Waals surface area contributed by atoms with E-state index in [-0.39, 0.29) is 18.3 Å². The lowest BCUT2D eigenvalue weighted by Gasteiger charge is -2.28. The third-order valence-electron chi connectivity index (χ3n) is 3.35. The van der Waals surface area contributed by atoms with E-state index in [2.05, 4.69) is 4.98 Å². The molecular formula is C12H15N3O4. The molecule has 1 aromatic rings. The molecule has 2 rings (SSSR count). The first-order valence-corrected chi connectivity index (χ1v) is 6.16. The van der Waals surface area contributed by atoms with Crippen LogP contribution in [0.2, 0.25) is 0 Å². The predicted molar refractivity (Wildman–Crippen MR) is 68.1 cm³/mol. The second kappa shape index (κ2) is 5.64. The van der Waals surface area contributed by atoms with Gasteiger partial charge in [0.15, 0.2) is 0 Å². The average molecular weight is 265 g/mol. The van der Waals surface area contributed by atoms with Crippen LogP contribution >= 0.6 is 0 Å². The first-order valence-electron chi connectivity index (χ1n) is 6.16. The topological polar surface area (TPSA) is 96.6 Å². The van der Waals surface area contributed by atoms with Crippen LogP contribution in [0.1, 0.15) is 25.7 Å². The first kappa shape index (κ1) is 13.3. The number of aromatic nitrogens is 1. The van der Waals surface area contributed by atoms with Gasteiger partial charge in [0.25, 0.3) is 0 Å². The average Bonchev–Trinajstić information content (AvgIpc) is 2.89. The minimum atomic E-state index is -0.988. The number of carbonyl (C=O) groups is 1. The van der Waals surface area contributed by atoms with Crippen LogP contribution in [0.4, 0.5) is 11.4 Å². The number of pyridine rings is 1. The monoisotopic (exact) mass is 265 g/mol. The summed E-state index contributed by atoms with van der Waals surface area (Å²) in [5, 5.41) is 20.0. The summed E-state index contributed by atoms with van der Waals surface area (Å²) in [5.74, 6) is -0.988. The summed E-state index contributed by atoms with van der Waals surface area (Å²) in [7, 11) is 0. The minimum absolute atomic E-state index is 0.0530. The third-order valence-corrected chi connectivity index (χ3v) is 3.35. The van der Waals surface area contributed by atoms with Crippen molar-refractivity contribution < 1.29 is 14.8 Å². The highest BCUT2D eigenvalue weighted by Gasteiger charge is 2.29. The van der Waals surface area contributed by atoms with Crippen molar-refractivity contribution in [2.24, 2.45) is 0 Å². The van der Waals surface area contributed by atoms with E-state index in [1.54, 1.807) is 4.90 Å². The summed E-state index contributed by atoms with van der Waals surface area (Å²) in [5.41, 5.74) is 0.199. The maximum atomic E-state index is 11.0. The van der Waals surface area contributed by atoms with Gasteiger partial charge in [0.05, 0.1) is 4.92 Å². The molecule has 0 amide bonds. The Hall–Kier alpha value is -2.18. The second-order valence-corrected chi connectivity index (χ2v) is 4.58. The van der Waals surface area contributed by atoms with Gasteiger partial charge in [-0.2, -0.15) is 0 Å². The van der Waals surface area contributed by atoms with Gasteiger partial charge >= 0.3 is 11.7 Å². The molecule has 1 fully saturated rings. The van der Waals surface area contributed by atoms with Gasteiger partial charge in [0, 0.05) is 12.2 Å². The number of anilines is 1. The van der Waals surface area contributed by atoms with Crippen molar-refractivity contribution in [3.63, 3.8) is 0 Å². The van der Waals surface area contributed by atoms with E-state index in [0.29, 0.717) is 5.69 Å². The largest absolute Gasteiger partial charge is 0.480 e. The van der Waals surface area contributed by atoms with E-state index < -0.39 is 10.9 Å². The molecule has 0 aromatic carbocycles. The maximum Gasteiger partial charge on any atom is 0.323 e. The van der Waals surface area contributed by atoms with Gasteiger partial charge in [0.2, 0.25) is 0 Å². The van der Waals surface area contributed by atoms with Crippen LogP contribution in [0.25, 0.3) is 0 Å². The van der Waals surface area contributed by atoms with Crippen LogP contribution in [0.3, 0.4) is 0 Å². The van der Waals surface area contributed by atoms with Gasteiger partial charge in [-0.25, -0.2) is 0 Å². The van der Waals surface area contributed by atoms with Gasteiger partial charge in [-0.15, -0.1) is 0 Å². The van der Waals surface area contributed by atoms with Crippen LogP contribution in [-0.4, -0.2) is 33.6 Å². The molecule has 0 saturated heterocycles. The van der Waals surface area contributed by atoms with Gasteiger partial charge in [-0.05, 0) is 18.9 Å². The second-order valence-electron chi connectivity index (χ2n) is 4.58. The smallest absolute Gasteiger partial charge is 0.323 e. The van der Waals surface area contributed by atoms with Gasteiger partial charge in [-0.3, -0.25) is 19.9 Å². The zero-order valence-corrected chi connectivity index (χ0v) is 10.4. The Morgan fingerprint density at radius 3 is 2.79 bits per heavy atom. The summed E-state index contributed by atoms with van der Waals surface area (Å²) < 4.78 is 0. The number of nitrogens with zero attached hydrogens (tertiary/aromatic N) is 3. The Balaban J connectivity index is 2.36. The van der Waals surface area contributed by atoms with Crippen LogP contribution in [0.15, 0.2) is 18.5 Å². The fraction of sp³-hybridized carbons (Fsp3) is 0.500. The van der Waals surface area contributed by atoms with Crippen molar-refractivity contribution in [1.82, 2.24) is 4.98 Å². The summed E-state index contributed by atoms with van der Waals surface area (Å²) in [6.45, 7) is -0.227. The van der Waals surface area contributed by atoms with E-state index in [0.717, 1.165) is 25.7 Å². The lowest BCUT2D eigenvalue weighted by molar-refractivity contribution is -0.384. The van der Waals surface area contributed by atoms with Gasteiger partial charge in [-0.1, -0.05) is 12.8 Å². The molecule has 102 valence electrons. The van der Waals surface area contributed by atoms with Gasteiger partial charge in [0.1, 0.15) is 18.4 Å². The van der Waals surface area contributed by atoms with Crippen molar-refractivity contribution in [2.45, 2.75) is 31.7 Å². The molecule has 1 aromatic heterocycles. The van der Waals surface area contributed by atoms with E-state index in [1.165, 1.54) is 18.5 Å². The highest BCUT2D eigenvalue weighted by molar-refractivity contribution is 5.76.